The molecule has 0 aromatic heterocycles. The van der Waals surface area contributed by atoms with Gasteiger partial charge in [-0.15, -0.1) is 0 Å². The summed E-state index contributed by atoms with van der Waals surface area (Å²) >= 11 is 0. The van der Waals surface area contributed by atoms with Gasteiger partial charge < -0.3 is 29.2 Å². The molecule has 440 valence electrons. The summed E-state index contributed by atoms with van der Waals surface area (Å²) in [6, 6.07) is 87.5. The summed E-state index contributed by atoms with van der Waals surface area (Å²) in [4.78, 5) is 10.7. The lowest BCUT2D eigenvalue weighted by Gasteiger charge is -2.53. The van der Waals surface area contributed by atoms with E-state index in [-0.39, 0.29) is 5.82 Å². The fourth-order valence-electron chi connectivity index (χ4n) is 17.6. The third kappa shape index (κ3) is 6.61. The van der Waals surface area contributed by atoms with E-state index >= 15 is 17.6 Å². The lowest BCUT2D eigenvalue weighted by atomic mass is 9.27. The fraction of sp³-hybridized carbons (Fsp3) is 0. The van der Waals surface area contributed by atoms with Gasteiger partial charge in [0, 0.05) is 62.0 Å². The van der Waals surface area contributed by atoms with E-state index < -0.39 is 37.6 Å². The van der Waals surface area contributed by atoms with Gasteiger partial charge >= 0.3 is 0 Å². The summed E-state index contributed by atoms with van der Waals surface area (Å²) in [5, 5.41) is 7.96. The van der Waals surface area contributed by atoms with Gasteiger partial charge in [-0.05, 0) is 166 Å². The number of para-hydroxylation sites is 4. The predicted molar refractivity (Wildman–Crippen MR) is 384 cm³/mol. The Morgan fingerprint density at radius 1 is 0.221 bits per heavy atom. The van der Waals surface area contributed by atoms with Crippen LogP contribution in [0.5, 0.6) is 11.5 Å². The number of hydrogen-bond acceptors (Lipinski definition) is 6. The molecule has 7 aliphatic heterocycles. The topological polar surface area (TPSA) is 25.4 Å². The number of nitrogens with zero attached hydrogens (tertiary/aromatic N) is 5. The van der Waals surface area contributed by atoms with Crippen LogP contribution in [0.15, 0.2) is 267 Å². The number of anilines is 15. The number of benzene rings is 15. The molecule has 0 fully saturated rings. The van der Waals surface area contributed by atoms with Crippen LogP contribution in [-0.4, -0.2) is 20.1 Å². The van der Waals surface area contributed by atoms with Crippen molar-refractivity contribution in [2.45, 2.75) is 0 Å². The Kier molecular flexibility index (Phi) is 10.0. The summed E-state index contributed by atoms with van der Waals surface area (Å²) in [6.45, 7) is -1.49. The van der Waals surface area contributed by atoms with E-state index in [9.17, 15) is 0 Å². The second-order valence-corrected chi connectivity index (χ2v) is 25.9. The molecule has 95 heavy (non-hydrogen) atoms. The van der Waals surface area contributed by atoms with Crippen LogP contribution in [0, 0.1) is 23.3 Å². The minimum atomic E-state index is -0.566. The Morgan fingerprint density at radius 2 is 0.526 bits per heavy atom. The van der Waals surface area contributed by atoms with Crippen molar-refractivity contribution < 1.29 is 22.3 Å². The Labute approximate surface area is 543 Å². The van der Waals surface area contributed by atoms with E-state index in [0.29, 0.717) is 51.2 Å². The predicted octanol–water partition coefficient (Wildman–Crippen LogP) is 15.7. The largest absolute Gasteiger partial charge is 0.452 e. The Hall–Kier alpha value is -11.9. The van der Waals surface area contributed by atoms with Crippen molar-refractivity contribution in [3.05, 3.63) is 290 Å². The van der Waals surface area contributed by atoms with Gasteiger partial charge in [-0.3, -0.25) is 0 Å². The molecule has 0 aliphatic carbocycles. The van der Waals surface area contributed by atoms with E-state index in [1.807, 2.05) is 82.6 Å². The molecule has 22 rings (SSSR count). The number of ether oxygens (including phenoxy) is 1. The second-order valence-electron chi connectivity index (χ2n) is 25.9. The van der Waals surface area contributed by atoms with Crippen LogP contribution in [0.3, 0.4) is 0 Å². The molecule has 0 radical (unpaired) electrons. The minimum Gasteiger partial charge on any atom is -0.452 e. The maximum atomic E-state index is 18.1. The molecule has 6 nitrogen and oxygen atoms in total. The molecule has 0 spiro atoms. The fourth-order valence-corrected chi connectivity index (χ4v) is 17.6. The van der Waals surface area contributed by atoms with E-state index in [2.05, 4.69) is 154 Å². The second kappa shape index (κ2) is 18.4. The van der Waals surface area contributed by atoms with Gasteiger partial charge in [-0.2, -0.15) is 0 Å². The zero-order chi connectivity index (χ0) is 62.4. The molecule has 0 saturated heterocycles. The molecular weight excluding hydrogens is 1180 g/mol. The third-order valence-corrected chi connectivity index (χ3v) is 21.3. The quantitative estimate of drug-likeness (QED) is 0.129. The van der Waals surface area contributed by atoms with Crippen molar-refractivity contribution >= 4 is 198 Å². The molecule has 0 saturated carbocycles. The van der Waals surface area contributed by atoms with E-state index in [0.717, 1.165) is 138 Å². The normalized spacial score (nSPS) is 14.2. The molecule has 7 heterocycles. The highest BCUT2D eigenvalue weighted by atomic mass is 19.1. The molecule has 7 aliphatic rings. The first-order valence-electron chi connectivity index (χ1n) is 32.2. The average Bonchev–Trinajstić information content (AvgIpc) is 0.656. The maximum absolute atomic E-state index is 18.1. The van der Waals surface area contributed by atoms with Crippen LogP contribution in [0.2, 0.25) is 0 Å². The van der Waals surface area contributed by atoms with Crippen molar-refractivity contribution in [2.24, 2.45) is 0 Å². The van der Waals surface area contributed by atoms with Crippen molar-refractivity contribution in [1.82, 2.24) is 0 Å². The zero-order valence-corrected chi connectivity index (χ0v) is 50.3. The van der Waals surface area contributed by atoms with Crippen LogP contribution in [0.25, 0.3) is 43.1 Å². The van der Waals surface area contributed by atoms with Gasteiger partial charge in [-0.25, -0.2) is 17.6 Å². The smallest absolute Gasteiger partial charge is 0.252 e. The van der Waals surface area contributed by atoms with Crippen molar-refractivity contribution in [2.75, 3.05) is 24.5 Å². The highest BCUT2D eigenvalue weighted by Gasteiger charge is 2.56. The lowest BCUT2D eigenvalue weighted by molar-refractivity contribution is 0.489. The first kappa shape index (κ1) is 51.6. The molecule has 0 unspecified atom stereocenters. The average molecular weight is 1220 g/mol. The molecule has 0 N–H and O–H groups in total. The SMILES string of the molecule is Fc1ccccc1N1c2cc3c(cc2B2c4cc5ccccc5cc4N(c4ccccc4F)c4cccc1c42)B1c2cc4ccccc4c4c2N2c5c1c(cc1c5B(c5cc6ccccc6cc5N1c1ccccc1F)c1cc5ccccc5c(c12)O4)N3c1ccccc1F. The summed E-state index contributed by atoms with van der Waals surface area (Å²) in [5.74, 6) is -0.227. The van der Waals surface area contributed by atoms with Crippen LogP contribution in [0.4, 0.5) is 103 Å². The van der Waals surface area contributed by atoms with Gasteiger partial charge in [0.1, 0.15) is 23.3 Å². The number of rotatable bonds is 4. The summed E-state index contributed by atoms with van der Waals surface area (Å²) in [5.41, 5.74) is 18.6. The number of halogens is 4. The first-order chi connectivity index (χ1) is 46.8. The van der Waals surface area contributed by atoms with Crippen LogP contribution >= 0.6 is 0 Å². The first-order valence-corrected chi connectivity index (χ1v) is 32.2. The Morgan fingerprint density at radius 3 is 0.947 bits per heavy atom. The van der Waals surface area contributed by atoms with Gasteiger partial charge in [0.2, 0.25) is 0 Å². The summed E-state index contributed by atoms with van der Waals surface area (Å²) in [6.07, 6.45) is 0. The molecule has 0 atom stereocenters. The molecule has 13 heteroatoms. The Bertz CT molecular complexity index is 6080. The Balaban J connectivity index is 0.925. The van der Waals surface area contributed by atoms with Gasteiger partial charge in [0.25, 0.3) is 20.1 Å². The van der Waals surface area contributed by atoms with Gasteiger partial charge in [-0.1, -0.05) is 182 Å². The monoisotopic (exact) mass is 1220 g/mol. The highest BCUT2D eigenvalue weighted by Crippen LogP contribution is 2.60. The van der Waals surface area contributed by atoms with Crippen LogP contribution < -0.4 is 78.4 Å². The standard InChI is InChI=1S/C82H44B3F4N5O/c86-59-26-9-13-30-63(59)90-67-34-17-35-68-75(67)83(53-36-45-18-1-3-20-47(45)40-69(53)90)55-42-56-72(43-71(55)91(68)64-31-14-10-27-60(64)87)93(66-33-16-12-29-62(66)89)74-44-73-76-80-77(74)85(56)58-39-50-23-6-8-25-52(50)82-79(58)94(80)78-57(38-49-22-5-7-24-51(49)81(78)95-82)84(76)54-37-46-19-2-4-21-48(46)41-70(54)92(73)65-32-15-11-28-61(65)88/h1-44H. The van der Waals surface area contributed by atoms with E-state index in [1.54, 1.807) is 30.3 Å². The van der Waals surface area contributed by atoms with Crippen molar-refractivity contribution in [3.63, 3.8) is 0 Å². The maximum Gasteiger partial charge on any atom is 0.252 e. The van der Waals surface area contributed by atoms with E-state index in [1.165, 1.54) is 24.3 Å². The lowest BCUT2D eigenvalue weighted by Crippen LogP contribution is -2.69. The van der Waals surface area contributed by atoms with Gasteiger partial charge in [0.15, 0.2) is 11.5 Å². The molecule has 15 aromatic carbocycles. The van der Waals surface area contributed by atoms with Crippen molar-refractivity contribution in [3.8, 4) is 11.5 Å². The summed E-state index contributed by atoms with van der Waals surface area (Å²) in [7, 11) is 0. The summed E-state index contributed by atoms with van der Waals surface area (Å²) < 4.78 is 77.8. The number of hydrogen-bond donors (Lipinski definition) is 0. The van der Waals surface area contributed by atoms with Crippen LogP contribution in [-0.2, 0) is 0 Å². The van der Waals surface area contributed by atoms with Crippen molar-refractivity contribution in [1.29, 1.82) is 0 Å². The van der Waals surface area contributed by atoms with Crippen LogP contribution in [0.1, 0.15) is 0 Å². The molecule has 15 aromatic rings. The molecule has 0 bridgehead atoms. The number of fused-ring (bicyclic) bond motifs is 16. The van der Waals surface area contributed by atoms with E-state index in [4.69, 9.17) is 4.74 Å². The highest BCUT2D eigenvalue weighted by molar-refractivity contribution is 7.06. The third-order valence-electron chi connectivity index (χ3n) is 21.3. The minimum absolute atomic E-state index is 0.299. The molecule has 0 amide bonds. The zero-order valence-electron chi connectivity index (χ0n) is 50.3. The van der Waals surface area contributed by atoms with Gasteiger partial charge in [0.05, 0.1) is 34.1 Å². The molecular formula is C82H44B3F4N5O.